The first-order chi connectivity index (χ1) is 9.18. The molecule has 19 heavy (non-hydrogen) atoms. The summed E-state index contributed by atoms with van der Waals surface area (Å²) in [6.07, 6.45) is 2.52. The lowest BCUT2D eigenvalue weighted by molar-refractivity contribution is 0.109. The van der Waals surface area contributed by atoms with Crippen LogP contribution >= 0.6 is 0 Å². The minimum absolute atomic E-state index is 0.509. The molecule has 1 aliphatic carbocycles. The monoisotopic (exact) mass is 261 g/mol. The van der Waals surface area contributed by atoms with Crippen molar-refractivity contribution in [3.05, 3.63) is 35.4 Å². The van der Waals surface area contributed by atoms with Crippen molar-refractivity contribution in [2.75, 3.05) is 19.8 Å². The molecule has 0 saturated heterocycles. The summed E-state index contributed by atoms with van der Waals surface area (Å²) in [6, 6.07) is 9.38. The van der Waals surface area contributed by atoms with Crippen LogP contribution in [0.25, 0.3) is 0 Å². The molecule has 1 N–H and O–H groups in total. The Kier molecular flexibility index (Phi) is 5.41. The normalized spacial score (nSPS) is 22.5. The van der Waals surface area contributed by atoms with E-state index >= 15 is 0 Å². The zero-order valence-electron chi connectivity index (χ0n) is 12.5. The van der Waals surface area contributed by atoms with Gasteiger partial charge in [-0.2, -0.15) is 0 Å². The Morgan fingerprint density at radius 1 is 1.21 bits per heavy atom. The smallest absolute Gasteiger partial charge is 0.0591 e. The van der Waals surface area contributed by atoms with Crippen LogP contribution in [0.4, 0.5) is 0 Å². The van der Waals surface area contributed by atoms with Crippen molar-refractivity contribution in [2.45, 2.75) is 45.6 Å². The fourth-order valence-electron chi connectivity index (χ4n) is 2.84. The van der Waals surface area contributed by atoms with Gasteiger partial charge in [0.2, 0.25) is 0 Å². The first-order valence-electron chi connectivity index (χ1n) is 7.58. The Bertz CT molecular complexity index is 389. The maximum Gasteiger partial charge on any atom is 0.0591 e. The van der Waals surface area contributed by atoms with Gasteiger partial charge < -0.3 is 10.1 Å². The predicted octanol–water partition coefficient (Wildman–Crippen LogP) is 3.89. The molecule has 0 heterocycles. The summed E-state index contributed by atoms with van der Waals surface area (Å²) in [6.45, 7) is 9.33. The third-order valence-corrected chi connectivity index (χ3v) is 3.88. The molecule has 2 unspecified atom stereocenters. The van der Waals surface area contributed by atoms with E-state index in [0.29, 0.717) is 17.9 Å². The highest BCUT2D eigenvalue weighted by Gasteiger charge is 2.23. The van der Waals surface area contributed by atoms with Gasteiger partial charge in [-0.3, -0.25) is 0 Å². The molecule has 0 amide bonds. The van der Waals surface area contributed by atoms with Crippen molar-refractivity contribution in [1.29, 1.82) is 0 Å². The first kappa shape index (κ1) is 14.5. The van der Waals surface area contributed by atoms with Gasteiger partial charge in [0.25, 0.3) is 0 Å². The van der Waals surface area contributed by atoms with Gasteiger partial charge in [-0.15, -0.1) is 0 Å². The van der Waals surface area contributed by atoms with E-state index in [9.17, 15) is 0 Å². The summed E-state index contributed by atoms with van der Waals surface area (Å²) in [5.74, 6) is 1.32. The maximum atomic E-state index is 5.63. The van der Waals surface area contributed by atoms with Crippen LogP contribution < -0.4 is 5.32 Å². The Morgan fingerprint density at radius 2 is 1.95 bits per heavy atom. The largest absolute Gasteiger partial charge is 0.380 e. The topological polar surface area (TPSA) is 21.3 Å². The van der Waals surface area contributed by atoms with Crippen LogP contribution in [0.1, 0.15) is 56.7 Å². The summed E-state index contributed by atoms with van der Waals surface area (Å²) >= 11 is 0. The van der Waals surface area contributed by atoms with Crippen LogP contribution in [0.15, 0.2) is 24.3 Å². The molecule has 106 valence electrons. The van der Waals surface area contributed by atoms with Crippen molar-refractivity contribution in [2.24, 2.45) is 5.92 Å². The highest BCUT2D eigenvalue weighted by atomic mass is 16.5. The summed E-state index contributed by atoms with van der Waals surface area (Å²) in [5, 5.41) is 3.65. The Morgan fingerprint density at radius 3 is 2.68 bits per heavy atom. The van der Waals surface area contributed by atoms with E-state index in [0.717, 1.165) is 19.8 Å². The van der Waals surface area contributed by atoms with Crippen molar-refractivity contribution < 1.29 is 4.74 Å². The van der Waals surface area contributed by atoms with Crippen LogP contribution in [-0.4, -0.2) is 19.8 Å². The highest BCUT2D eigenvalue weighted by molar-refractivity contribution is 5.34. The third kappa shape index (κ3) is 4.05. The van der Waals surface area contributed by atoms with Gasteiger partial charge in [0.1, 0.15) is 0 Å². The number of nitrogens with one attached hydrogen (secondary N) is 1. The van der Waals surface area contributed by atoms with Crippen LogP contribution in [0.5, 0.6) is 0 Å². The van der Waals surface area contributed by atoms with Crippen LogP contribution in [0.2, 0.25) is 0 Å². The van der Waals surface area contributed by atoms with E-state index in [1.54, 1.807) is 0 Å². The summed E-state index contributed by atoms with van der Waals surface area (Å²) in [7, 11) is 0. The van der Waals surface area contributed by atoms with Gasteiger partial charge in [-0.05, 0) is 35.8 Å². The molecule has 2 rings (SSSR count). The van der Waals surface area contributed by atoms with E-state index in [4.69, 9.17) is 4.74 Å². The number of benzene rings is 1. The minimum atomic E-state index is 0.509. The highest BCUT2D eigenvalue weighted by Crippen LogP contribution is 2.36. The summed E-state index contributed by atoms with van der Waals surface area (Å²) in [5.41, 5.74) is 3.01. The number of hydrogen-bond donors (Lipinski definition) is 1. The van der Waals surface area contributed by atoms with Gasteiger partial charge in [0.05, 0.1) is 6.61 Å². The molecular weight excluding hydrogens is 234 g/mol. The number of fused-ring (bicyclic) bond motifs is 1. The maximum absolute atomic E-state index is 5.63. The first-order valence-corrected chi connectivity index (χ1v) is 7.58. The fraction of sp³-hybridized carbons (Fsp3) is 0.647. The Hall–Kier alpha value is -0.860. The minimum Gasteiger partial charge on any atom is -0.380 e. The zero-order chi connectivity index (χ0) is 13.7. The number of ether oxygens (including phenoxy) is 1. The van der Waals surface area contributed by atoms with Crippen LogP contribution in [0, 0.1) is 5.92 Å². The number of hydrogen-bond acceptors (Lipinski definition) is 2. The average Bonchev–Trinajstić information content (AvgIpc) is 2.41. The molecule has 0 aromatic heterocycles. The van der Waals surface area contributed by atoms with Gasteiger partial charge in [-0.1, -0.05) is 45.0 Å². The van der Waals surface area contributed by atoms with E-state index in [1.165, 1.54) is 24.0 Å². The predicted molar refractivity (Wildman–Crippen MR) is 80.5 cm³/mol. The molecule has 0 fully saturated rings. The van der Waals surface area contributed by atoms with Crippen LogP contribution in [0.3, 0.4) is 0 Å². The molecule has 0 bridgehead atoms. The van der Waals surface area contributed by atoms with Gasteiger partial charge in [0.15, 0.2) is 0 Å². The lowest BCUT2D eigenvalue weighted by Gasteiger charge is -2.30. The standard InChI is InChI=1S/C17H27NO/c1-13(2)12-19-11-10-18-17-9-8-14(3)15-6-4-5-7-16(15)17/h4-7,13-14,17-18H,8-12H2,1-3H3. The van der Waals surface area contributed by atoms with E-state index < -0.39 is 0 Å². The van der Waals surface area contributed by atoms with Crippen molar-refractivity contribution in [3.8, 4) is 0 Å². The fourth-order valence-corrected chi connectivity index (χ4v) is 2.84. The van der Waals surface area contributed by atoms with Gasteiger partial charge in [0, 0.05) is 19.2 Å². The van der Waals surface area contributed by atoms with Gasteiger partial charge in [-0.25, -0.2) is 0 Å². The molecule has 2 atom stereocenters. The SMILES string of the molecule is CC(C)COCCNC1CCC(C)c2ccccc21. The second kappa shape index (κ2) is 7.06. The lowest BCUT2D eigenvalue weighted by Crippen LogP contribution is -2.29. The summed E-state index contributed by atoms with van der Waals surface area (Å²) in [4.78, 5) is 0. The van der Waals surface area contributed by atoms with Crippen molar-refractivity contribution >= 4 is 0 Å². The summed E-state index contributed by atoms with van der Waals surface area (Å²) < 4.78 is 5.63. The van der Waals surface area contributed by atoms with E-state index in [-0.39, 0.29) is 0 Å². The second-order valence-corrected chi connectivity index (χ2v) is 6.08. The molecule has 0 saturated carbocycles. The van der Waals surface area contributed by atoms with Crippen LogP contribution in [-0.2, 0) is 4.74 Å². The molecule has 1 aromatic rings. The molecule has 0 radical (unpaired) electrons. The molecule has 2 nitrogen and oxygen atoms in total. The van der Waals surface area contributed by atoms with Crippen molar-refractivity contribution in [3.63, 3.8) is 0 Å². The average molecular weight is 261 g/mol. The molecule has 0 spiro atoms. The second-order valence-electron chi connectivity index (χ2n) is 6.08. The Labute approximate surface area is 117 Å². The molecule has 1 aliphatic rings. The molecule has 0 aliphatic heterocycles. The Balaban J connectivity index is 1.83. The molecule has 2 heteroatoms. The number of rotatable bonds is 6. The zero-order valence-corrected chi connectivity index (χ0v) is 12.5. The third-order valence-electron chi connectivity index (χ3n) is 3.88. The van der Waals surface area contributed by atoms with Crippen molar-refractivity contribution in [1.82, 2.24) is 5.32 Å². The molecular formula is C17H27NO. The quantitative estimate of drug-likeness (QED) is 0.784. The van der Waals surface area contributed by atoms with E-state index in [1.807, 2.05) is 0 Å². The van der Waals surface area contributed by atoms with E-state index in [2.05, 4.69) is 50.4 Å². The molecule has 1 aromatic carbocycles. The lowest BCUT2D eigenvalue weighted by atomic mass is 9.81. The van der Waals surface area contributed by atoms with Gasteiger partial charge >= 0.3 is 0 Å².